The maximum absolute atomic E-state index is 12.5. The highest BCUT2D eigenvalue weighted by Crippen LogP contribution is 2.28. The molecule has 1 aromatic rings. The van der Waals surface area contributed by atoms with Gasteiger partial charge in [-0.05, 0) is 37.3 Å². The third-order valence-electron chi connectivity index (χ3n) is 4.29. The van der Waals surface area contributed by atoms with Gasteiger partial charge in [-0.15, -0.1) is 0 Å². The van der Waals surface area contributed by atoms with Gasteiger partial charge >= 0.3 is 0 Å². The number of halogens is 1. The third kappa shape index (κ3) is 4.10. The average Bonchev–Trinajstić information content (AvgIpc) is 2.53. The largest absolute Gasteiger partial charge is 0.373 e. The number of rotatable bonds is 5. The van der Waals surface area contributed by atoms with E-state index in [0.29, 0.717) is 22.5 Å². The number of anilines is 1. The molecule has 1 heterocycles. The molecule has 5 heteroatoms. The van der Waals surface area contributed by atoms with Crippen LogP contribution >= 0.6 is 11.6 Å². The van der Waals surface area contributed by atoms with Gasteiger partial charge in [-0.2, -0.15) is 0 Å². The Balaban J connectivity index is 2.08. The van der Waals surface area contributed by atoms with Crippen molar-refractivity contribution in [1.29, 1.82) is 0 Å². The van der Waals surface area contributed by atoms with Crippen molar-refractivity contribution in [1.82, 2.24) is 10.3 Å². The lowest BCUT2D eigenvalue weighted by molar-refractivity contribution is 0.0906. The highest BCUT2D eigenvalue weighted by atomic mass is 35.5. The van der Waals surface area contributed by atoms with Crippen LogP contribution in [0.3, 0.4) is 0 Å². The van der Waals surface area contributed by atoms with Gasteiger partial charge in [0.1, 0.15) is 11.5 Å². The van der Waals surface area contributed by atoms with Crippen LogP contribution in [0.2, 0.25) is 5.02 Å². The standard InChI is InChI=1S/C16H24ClN3O/c1-3-13(11-7-5-4-6-8-11)19-16(21)15-12(17)9-10-14(18-2)20-15/h9-11,13H,3-8H2,1-2H3,(H,18,20)(H,19,21). The van der Waals surface area contributed by atoms with E-state index in [9.17, 15) is 4.79 Å². The number of aromatic nitrogens is 1. The Labute approximate surface area is 131 Å². The molecular formula is C16H24ClN3O. The number of nitrogens with one attached hydrogen (secondary N) is 2. The van der Waals surface area contributed by atoms with Gasteiger partial charge < -0.3 is 10.6 Å². The number of nitrogens with zero attached hydrogens (tertiary/aromatic N) is 1. The number of hydrogen-bond donors (Lipinski definition) is 2. The lowest BCUT2D eigenvalue weighted by Crippen LogP contribution is -2.41. The molecule has 1 aliphatic carbocycles. The minimum atomic E-state index is -0.172. The topological polar surface area (TPSA) is 54.0 Å². The molecule has 2 N–H and O–H groups in total. The molecule has 0 saturated heterocycles. The Morgan fingerprint density at radius 3 is 2.71 bits per heavy atom. The van der Waals surface area contributed by atoms with Crippen LogP contribution in [0.25, 0.3) is 0 Å². The predicted octanol–water partition coefficient (Wildman–Crippen LogP) is 3.87. The van der Waals surface area contributed by atoms with Crippen LogP contribution in [-0.2, 0) is 0 Å². The van der Waals surface area contributed by atoms with Crippen molar-refractivity contribution in [3.8, 4) is 0 Å². The van der Waals surface area contributed by atoms with Crippen LogP contribution in [0.1, 0.15) is 55.9 Å². The Hall–Kier alpha value is -1.29. The number of carbonyl (C=O) groups is 1. The Kier molecular flexibility index (Phi) is 5.85. The monoisotopic (exact) mass is 309 g/mol. The fourth-order valence-corrected chi connectivity index (χ4v) is 3.26. The first-order chi connectivity index (χ1) is 10.2. The summed E-state index contributed by atoms with van der Waals surface area (Å²) in [4.78, 5) is 16.7. The lowest BCUT2D eigenvalue weighted by Gasteiger charge is -2.30. The van der Waals surface area contributed by atoms with Gasteiger partial charge in [0, 0.05) is 13.1 Å². The molecule has 1 saturated carbocycles. The minimum Gasteiger partial charge on any atom is -0.373 e. The van der Waals surface area contributed by atoms with Gasteiger partial charge in [0.25, 0.3) is 5.91 Å². The quantitative estimate of drug-likeness (QED) is 0.868. The van der Waals surface area contributed by atoms with Gasteiger partial charge in [-0.1, -0.05) is 37.8 Å². The Morgan fingerprint density at radius 2 is 2.10 bits per heavy atom. The molecule has 0 aromatic carbocycles. The van der Waals surface area contributed by atoms with E-state index < -0.39 is 0 Å². The highest BCUT2D eigenvalue weighted by Gasteiger charge is 2.25. The van der Waals surface area contributed by atoms with Crippen molar-refractivity contribution >= 4 is 23.3 Å². The van der Waals surface area contributed by atoms with Gasteiger partial charge in [0.2, 0.25) is 0 Å². The smallest absolute Gasteiger partial charge is 0.271 e. The molecule has 0 aliphatic heterocycles. The zero-order chi connectivity index (χ0) is 15.2. The number of carbonyl (C=O) groups excluding carboxylic acids is 1. The fourth-order valence-electron chi connectivity index (χ4n) is 3.07. The summed E-state index contributed by atoms with van der Waals surface area (Å²) < 4.78 is 0. The predicted molar refractivity (Wildman–Crippen MR) is 86.9 cm³/mol. The molecule has 1 aromatic heterocycles. The first-order valence-corrected chi connectivity index (χ1v) is 8.18. The molecule has 1 aliphatic rings. The van der Waals surface area contributed by atoms with Crippen molar-refractivity contribution in [3.63, 3.8) is 0 Å². The maximum Gasteiger partial charge on any atom is 0.271 e. The average molecular weight is 310 g/mol. The van der Waals surface area contributed by atoms with E-state index in [1.165, 1.54) is 32.1 Å². The number of pyridine rings is 1. The molecule has 21 heavy (non-hydrogen) atoms. The Morgan fingerprint density at radius 1 is 1.38 bits per heavy atom. The molecule has 116 valence electrons. The summed E-state index contributed by atoms with van der Waals surface area (Å²) in [6.07, 6.45) is 7.21. The van der Waals surface area contributed by atoms with Crippen molar-refractivity contribution in [2.24, 2.45) is 5.92 Å². The van der Waals surface area contributed by atoms with E-state index in [1.54, 1.807) is 19.2 Å². The van der Waals surface area contributed by atoms with Crippen LogP contribution in [0.4, 0.5) is 5.82 Å². The van der Waals surface area contributed by atoms with Crippen LogP contribution in [-0.4, -0.2) is 24.0 Å². The Bertz CT molecular complexity index is 486. The summed E-state index contributed by atoms with van der Waals surface area (Å²) in [6.45, 7) is 2.12. The fraction of sp³-hybridized carbons (Fsp3) is 0.625. The van der Waals surface area contributed by atoms with Crippen LogP contribution in [0.5, 0.6) is 0 Å². The number of amides is 1. The molecule has 0 radical (unpaired) electrons. The van der Waals surface area contributed by atoms with Gasteiger partial charge in [0.15, 0.2) is 0 Å². The summed E-state index contributed by atoms with van der Waals surface area (Å²) in [5.74, 6) is 1.06. The molecule has 1 amide bonds. The van der Waals surface area contributed by atoms with E-state index in [1.807, 2.05) is 0 Å². The molecule has 2 rings (SSSR count). The first-order valence-electron chi connectivity index (χ1n) is 7.80. The summed E-state index contributed by atoms with van der Waals surface area (Å²) >= 11 is 6.11. The van der Waals surface area contributed by atoms with E-state index >= 15 is 0 Å². The number of hydrogen-bond acceptors (Lipinski definition) is 3. The maximum atomic E-state index is 12.5. The molecule has 0 bridgehead atoms. The minimum absolute atomic E-state index is 0.172. The molecule has 1 unspecified atom stereocenters. The molecule has 0 spiro atoms. The second-order valence-electron chi connectivity index (χ2n) is 5.66. The second kappa shape index (κ2) is 7.64. The van der Waals surface area contributed by atoms with Crippen LogP contribution in [0, 0.1) is 5.92 Å². The van der Waals surface area contributed by atoms with E-state index in [-0.39, 0.29) is 11.9 Å². The lowest BCUT2D eigenvalue weighted by atomic mass is 9.83. The van der Waals surface area contributed by atoms with Crippen LogP contribution in [0.15, 0.2) is 12.1 Å². The van der Waals surface area contributed by atoms with E-state index in [2.05, 4.69) is 22.5 Å². The SMILES string of the molecule is CCC(NC(=O)c1nc(NC)ccc1Cl)C1CCCCC1. The highest BCUT2D eigenvalue weighted by molar-refractivity contribution is 6.33. The summed E-state index contributed by atoms with van der Waals surface area (Å²) in [6, 6.07) is 3.68. The van der Waals surface area contributed by atoms with E-state index in [0.717, 1.165) is 6.42 Å². The van der Waals surface area contributed by atoms with Gasteiger partial charge in [-0.25, -0.2) is 4.98 Å². The molecule has 4 nitrogen and oxygen atoms in total. The first kappa shape index (κ1) is 16.1. The summed E-state index contributed by atoms with van der Waals surface area (Å²) in [5.41, 5.74) is 0.303. The molecular weight excluding hydrogens is 286 g/mol. The van der Waals surface area contributed by atoms with Crippen molar-refractivity contribution in [2.45, 2.75) is 51.5 Å². The van der Waals surface area contributed by atoms with E-state index in [4.69, 9.17) is 11.6 Å². The summed E-state index contributed by atoms with van der Waals surface area (Å²) in [7, 11) is 1.77. The van der Waals surface area contributed by atoms with Gasteiger partial charge in [0.05, 0.1) is 5.02 Å². The van der Waals surface area contributed by atoms with Crippen molar-refractivity contribution < 1.29 is 4.79 Å². The zero-order valence-corrected chi connectivity index (χ0v) is 13.5. The van der Waals surface area contributed by atoms with Crippen LogP contribution < -0.4 is 10.6 Å². The van der Waals surface area contributed by atoms with Crippen molar-refractivity contribution in [2.75, 3.05) is 12.4 Å². The molecule has 1 atom stereocenters. The second-order valence-corrected chi connectivity index (χ2v) is 6.07. The normalized spacial score (nSPS) is 17.3. The van der Waals surface area contributed by atoms with Crippen molar-refractivity contribution in [3.05, 3.63) is 22.8 Å². The summed E-state index contributed by atoms with van der Waals surface area (Å²) in [5, 5.41) is 6.46. The van der Waals surface area contributed by atoms with Gasteiger partial charge in [-0.3, -0.25) is 4.79 Å². The third-order valence-corrected chi connectivity index (χ3v) is 4.60. The zero-order valence-electron chi connectivity index (χ0n) is 12.8. The molecule has 1 fully saturated rings.